The molecule has 0 amide bonds. The summed E-state index contributed by atoms with van der Waals surface area (Å²) >= 11 is 0. The summed E-state index contributed by atoms with van der Waals surface area (Å²) in [5, 5.41) is 0. The second kappa shape index (κ2) is 2.10. The van der Waals surface area contributed by atoms with Gasteiger partial charge in [-0.05, 0) is 35.1 Å². The molecule has 0 aliphatic heterocycles. The van der Waals surface area contributed by atoms with E-state index in [1.807, 2.05) is 0 Å². The van der Waals surface area contributed by atoms with Crippen molar-refractivity contribution in [3.8, 4) is 0 Å². The van der Waals surface area contributed by atoms with Crippen molar-refractivity contribution in [1.29, 1.82) is 0 Å². The summed E-state index contributed by atoms with van der Waals surface area (Å²) in [4.78, 5) is 0. The quantitative estimate of drug-likeness (QED) is 0.503. The van der Waals surface area contributed by atoms with E-state index in [1.165, 1.54) is 22.3 Å². The molecule has 3 rings (SSSR count). The molecule has 12 heavy (non-hydrogen) atoms. The van der Waals surface area contributed by atoms with Crippen LogP contribution < -0.4 is 0 Å². The molecule has 0 heterocycles. The minimum Gasteiger partial charge on any atom is -0.0798 e. The highest BCUT2D eigenvalue weighted by atomic mass is 14.2. The summed E-state index contributed by atoms with van der Waals surface area (Å²) in [6.07, 6.45) is 15.7. The maximum absolute atomic E-state index is 2.33. The first-order valence-corrected chi connectivity index (χ1v) is 4.41. The van der Waals surface area contributed by atoms with Crippen LogP contribution in [0.25, 0.3) is 0 Å². The molecular formula is C12H10. The van der Waals surface area contributed by atoms with Gasteiger partial charge in [0.2, 0.25) is 0 Å². The van der Waals surface area contributed by atoms with Gasteiger partial charge in [-0.3, -0.25) is 0 Å². The first-order chi connectivity index (χ1) is 5.93. The maximum Gasteiger partial charge on any atom is -0.00171 e. The zero-order chi connectivity index (χ0) is 7.97. The molecule has 0 heteroatoms. The number of fused-ring (bicyclic) bond motifs is 1. The van der Waals surface area contributed by atoms with E-state index >= 15 is 0 Å². The van der Waals surface area contributed by atoms with Crippen LogP contribution in [0.2, 0.25) is 0 Å². The molecule has 0 saturated heterocycles. The maximum atomic E-state index is 2.33. The molecule has 58 valence electrons. The Morgan fingerprint density at radius 1 is 1.08 bits per heavy atom. The minimum atomic E-state index is 1.14. The van der Waals surface area contributed by atoms with Crippen LogP contribution in [-0.4, -0.2) is 0 Å². The first-order valence-electron chi connectivity index (χ1n) is 4.41. The van der Waals surface area contributed by atoms with Crippen molar-refractivity contribution >= 4 is 0 Å². The summed E-state index contributed by atoms with van der Waals surface area (Å²) in [6.45, 7) is 0. The summed E-state index contributed by atoms with van der Waals surface area (Å²) in [5.41, 5.74) is 5.96. The van der Waals surface area contributed by atoms with Crippen LogP contribution in [-0.2, 0) is 0 Å². The van der Waals surface area contributed by atoms with Gasteiger partial charge in [0.25, 0.3) is 0 Å². The summed E-state index contributed by atoms with van der Waals surface area (Å²) in [7, 11) is 0. The van der Waals surface area contributed by atoms with Gasteiger partial charge in [0.1, 0.15) is 0 Å². The van der Waals surface area contributed by atoms with Gasteiger partial charge in [-0.15, -0.1) is 0 Å². The van der Waals surface area contributed by atoms with Gasteiger partial charge < -0.3 is 0 Å². The lowest BCUT2D eigenvalue weighted by Crippen LogP contribution is -1.95. The standard InChI is InChI=1S/C12H10/c1-3-9-7-11-5-2-6-12(11)8-10(9)4-1/h1-5,8H,6-7H2. The Morgan fingerprint density at radius 3 is 3.08 bits per heavy atom. The molecule has 0 spiro atoms. The lowest BCUT2D eigenvalue weighted by atomic mass is 9.91. The molecular weight excluding hydrogens is 144 g/mol. The lowest BCUT2D eigenvalue weighted by Gasteiger charge is -2.13. The Morgan fingerprint density at radius 2 is 2.08 bits per heavy atom. The minimum absolute atomic E-state index is 1.14. The molecule has 0 unspecified atom stereocenters. The van der Waals surface area contributed by atoms with E-state index in [1.54, 1.807) is 0 Å². The second-order valence-electron chi connectivity index (χ2n) is 3.48. The third-order valence-electron chi connectivity index (χ3n) is 2.72. The third-order valence-corrected chi connectivity index (χ3v) is 2.72. The molecule has 3 aliphatic carbocycles. The molecule has 0 radical (unpaired) electrons. The second-order valence-corrected chi connectivity index (χ2v) is 3.48. The van der Waals surface area contributed by atoms with Crippen LogP contribution in [0, 0.1) is 0 Å². The fraction of sp³-hybridized carbons (Fsp3) is 0.167. The number of rotatable bonds is 0. The fourth-order valence-corrected chi connectivity index (χ4v) is 2.06. The van der Waals surface area contributed by atoms with Crippen molar-refractivity contribution in [2.75, 3.05) is 0 Å². The highest BCUT2D eigenvalue weighted by Crippen LogP contribution is 2.36. The van der Waals surface area contributed by atoms with Crippen LogP contribution in [0.1, 0.15) is 12.8 Å². The number of hydrogen-bond acceptors (Lipinski definition) is 0. The highest BCUT2D eigenvalue weighted by Gasteiger charge is 2.17. The number of hydrogen-bond donors (Lipinski definition) is 0. The Labute approximate surface area is 72.3 Å². The van der Waals surface area contributed by atoms with E-state index in [-0.39, 0.29) is 0 Å². The summed E-state index contributed by atoms with van der Waals surface area (Å²) in [5.74, 6) is 0. The molecule has 0 aromatic rings. The SMILES string of the molecule is C1=CC2=CC3=C(C=CC3)CC2=C1. The van der Waals surface area contributed by atoms with Crippen LogP contribution in [0.5, 0.6) is 0 Å². The first kappa shape index (κ1) is 6.24. The van der Waals surface area contributed by atoms with Crippen molar-refractivity contribution < 1.29 is 0 Å². The number of allylic oxidation sites excluding steroid dienone is 10. The largest absolute Gasteiger partial charge is 0.0798 e. The Balaban J connectivity index is 2.12. The van der Waals surface area contributed by atoms with Gasteiger partial charge >= 0.3 is 0 Å². The Hall–Kier alpha value is -1.30. The van der Waals surface area contributed by atoms with Gasteiger partial charge in [-0.2, -0.15) is 0 Å². The molecule has 0 nitrogen and oxygen atoms in total. The average molecular weight is 154 g/mol. The molecule has 0 aromatic heterocycles. The molecule has 0 saturated carbocycles. The normalized spacial score (nSPS) is 24.0. The Kier molecular flexibility index (Phi) is 1.09. The van der Waals surface area contributed by atoms with Crippen molar-refractivity contribution in [2.45, 2.75) is 12.8 Å². The van der Waals surface area contributed by atoms with Crippen LogP contribution in [0.3, 0.4) is 0 Å². The zero-order valence-electron chi connectivity index (χ0n) is 6.88. The monoisotopic (exact) mass is 154 g/mol. The van der Waals surface area contributed by atoms with Crippen molar-refractivity contribution in [1.82, 2.24) is 0 Å². The van der Waals surface area contributed by atoms with E-state index in [4.69, 9.17) is 0 Å². The topological polar surface area (TPSA) is 0 Å². The van der Waals surface area contributed by atoms with Crippen molar-refractivity contribution in [3.05, 3.63) is 58.7 Å². The predicted molar refractivity (Wildman–Crippen MR) is 50.7 cm³/mol. The van der Waals surface area contributed by atoms with E-state index in [2.05, 4.69) is 36.5 Å². The highest BCUT2D eigenvalue weighted by molar-refractivity contribution is 5.60. The molecule has 3 aliphatic rings. The van der Waals surface area contributed by atoms with E-state index < -0.39 is 0 Å². The molecule has 0 atom stereocenters. The molecule has 0 aromatic carbocycles. The van der Waals surface area contributed by atoms with E-state index in [9.17, 15) is 0 Å². The molecule has 0 bridgehead atoms. The Bertz CT molecular complexity index is 384. The molecule has 0 fully saturated rings. The van der Waals surface area contributed by atoms with Crippen LogP contribution in [0.4, 0.5) is 0 Å². The van der Waals surface area contributed by atoms with Crippen molar-refractivity contribution in [2.24, 2.45) is 0 Å². The predicted octanol–water partition coefficient (Wildman–Crippen LogP) is 3.07. The van der Waals surface area contributed by atoms with Gasteiger partial charge in [-0.25, -0.2) is 0 Å². The lowest BCUT2D eigenvalue weighted by molar-refractivity contribution is 1.12. The van der Waals surface area contributed by atoms with E-state index in [0.29, 0.717) is 0 Å². The average Bonchev–Trinajstić information content (AvgIpc) is 2.64. The summed E-state index contributed by atoms with van der Waals surface area (Å²) in [6, 6.07) is 0. The van der Waals surface area contributed by atoms with Gasteiger partial charge in [0, 0.05) is 0 Å². The fourth-order valence-electron chi connectivity index (χ4n) is 2.06. The van der Waals surface area contributed by atoms with Gasteiger partial charge in [0.05, 0.1) is 0 Å². The third kappa shape index (κ3) is 0.724. The van der Waals surface area contributed by atoms with Crippen LogP contribution in [0.15, 0.2) is 58.7 Å². The van der Waals surface area contributed by atoms with Gasteiger partial charge in [0.15, 0.2) is 0 Å². The van der Waals surface area contributed by atoms with E-state index in [0.717, 1.165) is 12.8 Å². The van der Waals surface area contributed by atoms with Gasteiger partial charge in [-0.1, -0.05) is 36.5 Å². The van der Waals surface area contributed by atoms with Crippen molar-refractivity contribution in [3.63, 3.8) is 0 Å². The summed E-state index contributed by atoms with van der Waals surface area (Å²) < 4.78 is 0. The van der Waals surface area contributed by atoms with Crippen LogP contribution >= 0.6 is 0 Å². The zero-order valence-corrected chi connectivity index (χ0v) is 6.88. The molecule has 0 N–H and O–H groups in total. The smallest absolute Gasteiger partial charge is 0.00171 e.